The van der Waals surface area contributed by atoms with Gasteiger partial charge in [-0.05, 0) is 25.2 Å². The first-order valence-electron chi connectivity index (χ1n) is 7.42. The lowest BCUT2D eigenvalue weighted by atomic mass is 9.97. The van der Waals surface area contributed by atoms with E-state index in [1.165, 1.54) is 0 Å². The molecule has 0 fully saturated rings. The van der Waals surface area contributed by atoms with Crippen LogP contribution in [-0.4, -0.2) is 27.6 Å². The van der Waals surface area contributed by atoms with Gasteiger partial charge in [-0.15, -0.1) is 0 Å². The molecular weight excluding hydrogens is 254 g/mol. The summed E-state index contributed by atoms with van der Waals surface area (Å²) in [6.45, 7) is 5.06. The van der Waals surface area contributed by atoms with Crippen molar-refractivity contribution in [2.45, 2.75) is 52.4 Å². The van der Waals surface area contributed by atoms with Crippen LogP contribution in [0.2, 0.25) is 0 Å². The van der Waals surface area contributed by atoms with Crippen LogP contribution in [0, 0.1) is 5.92 Å². The molecule has 1 heterocycles. The molecule has 20 heavy (non-hydrogen) atoms. The number of nitrogens with one attached hydrogen (secondary N) is 1. The van der Waals surface area contributed by atoms with E-state index in [9.17, 15) is 4.79 Å². The topological polar surface area (TPSA) is 75.1 Å². The quantitative estimate of drug-likeness (QED) is 0.688. The summed E-state index contributed by atoms with van der Waals surface area (Å²) >= 11 is 0. The highest BCUT2D eigenvalue weighted by molar-refractivity contribution is 5.66. The summed E-state index contributed by atoms with van der Waals surface area (Å²) in [5.41, 5.74) is 1.06. The normalized spacial score (nSPS) is 12.1. The lowest BCUT2D eigenvalue weighted by Crippen LogP contribution is -2.11. The maximum absolute atomic E-state index is 10.6. The predicted octanol–water partition coefficient (Wildman–Crippen LogP) is 3.12. The van der Waals surface area contributed by atoms with E-state index in [0.29, 0.717) is 5.92 Å². The van der Waals surface area contributed by atoms with E-state index in [1.54, 1.807) is 6.33 Å². The zero-order chi connectivity index (χ0) is 14.8. The number of anilines is 1. The molecule has 0 spiro atoms. The minimum atomic E-state index is -0.712. The summed E-state index contributed by atoms with van der Waals surface area (Å²) in [7, 11) is 0. The maximum Gasteiger partial charge on any atom is 0.303 e. The van der Waals surface area contributed by atoms with Crippen molar-refractivity contribution < 1.29 is 9.90 Å². The van der Waals surface area contributed by atoms with Crippen LogP contribution in [0.1, 0.15) is 51.6 Å². The summed E-state index contributed by atoms with van der Waals surface area (Å²) in [4.78, 5) is 19.0. The summed E-state index contributed by atoms with van der Waals surface area (Å²) in [5, 5.41) is 12.0. The van der Waals surface area contributed by atoms with Crippen molar-refractivity contribution in [1.82, 2.24) is 9.97 Å². The molecule has 0 saturated heterocycles. The summed E-state index contributed by atoms with van der Waals surface area (Å²) in [5.74, 6) is 0.600. The third kappa shape index (κ3) is 6.50. The van der Waals surface area contributed by atoms with Crippen molar-refractivity contribution in [1.29, 1.82) is 0 Å². The monoisotopic (exact) mass is 279 g/mol. The van der Waals surface area contributed by atoms with Gasteiger partial charge in [0.05, 0.1) is 0 Å². The fourth-order valence-corrected chi connectivity index (χ4v) is 2.17. The van der Waals surface area contributed by atoms with E-state index in [2.05, 4.69) is 29.1 Å². The molecule has 2 N–H and O–H groups in total. The van der Waals surface area contributed by atoms with Gasteiger partial charge in [-0.2, -0.15) is 0 Å². The molecule has 5 nitrogen and oxygen atoms in total. The summed E-state index contributed by atoms with van der Waals surface area (Å²) in [6.07, 6.45) is 6.62. The van der Waals surface area contributed by atoms with Crippen molar-refractivity contribution in [3.05, 3.63) is 18.1 Å². The highest BCUT2D eigenvalue weighted by Crippen LogP contribution is 2.16. The van der Waals surface area contributed by atoms with Gasteiger partial charge in [0.1, 0.15) is 12.1 Å². The van der Waals surface area contributed by atoms with Gasteiger partial charge in [-0.25, -0.2) is 9.97 Å². The van der Waals surface area contributed by atoms with Crippen LogP contribution in [0.4, 0.5) is 5.82 Å². The number of hydrogen-bond donors (Lipinski definition) is 2. The fourth-order valence-electron chi connectivity index (χ4n) is 2.17. The minimum absolute atomic E-state index is 0.257. The average Bonchev–Trinajstić information content (AvgIpc) is 2.43. The number of aliphatic carboxylic acids is 1. The van der Waals surface area contributed by atoms with E-state index in [-0.39, 0.29) is 6.42 Å². The van der Waals surface area contributed by atoms with Crippen LogP contribution in [0.15, 0.2) is 12.4 Å². The molecule has 1 rings (SSSR count). The smallest absolute Gasteiger partial charge is 0.303 e. The fraction of sp³-hybridized carbons (Fsp3) is 0.667. The zero-order valence-electron chi connectivity index (χ0n) is 12.4. The first kappa shape index (κ1) is 16.4. The molecule has 0 bridgehead atoms. The zero-order valence-corrected chi connectivity index (χ0v) is 12.4. The molecule has 1 unspecified atom stereocenters. The van der Waals surface area contributed by atoms with Gasteiger partial charge in [-0.1, -0.05) is 26.7 Å². The van der Waals surface area contributed by atoms with Crippen LogP contribution >= 0.6 is 0 Å². The molecule has 0 aliphatic carbocycles. The van der Waals surface area contributed by atoms with Crippen LogP contribution in [-0.2, 0) is 11.2 Å². The molecule has 112 valence electrons. The lowest BCUT2D eigenvalue weighted by molar-refractivity contribution is -0.137. The van der Waals surface area contributed by atoms with Gasteiger partial charge < -0.3 is 10.4 Å². The largest absolute Gasteiger partial charge is 0.481 e. The van der Waals surface area contributed by atoms with E-state index in [0.717, 1.165) is 50.2 Å². The Morgan fingerprint density at radius 2 is 2.15 bits per heavy atom. The van der Waals surface area contributed by atoms with Gasteiger partial charge in [0.25, 0.3) is 0 Å². The van der Waals surface area contributed by atoms with Crippen molar-refractivity contribution in [3.8, 4) is 0 Å². The van der Waals surface area contributed by atoms with Crippen LogP contribution in [0.3, 0.4) is 0 Å². The number of carboxylic acids is 1. The molecule has 0 radical (unpaired) electrons. The molecule has 1 aromatic rings. The molecule has 1 aromatic heterocycles. The molecular formula is C15H25N3O2. The average molecular weight is 279 g/mol. The highest BCUT2D eigenvalue weighted by Gasteiger charge is 2.08. The van der Waals surface area contributed by atoms with Crippen molar-refractivity contribution in [2.24, 2.45) is 5.92 Å². The molecule has 1 atom stereocenters. The number of carboxylic acid groups (broad SMARTS) is 1. The molecule has 5 heteroatoms. The predicted molar refractivity (Wildman–Crippen MR) is 79.8 cm³/mol. The Labute approximate surface area is 120 Å². The van der Waals surface area contributed by atoms with E-state index in [1.807, 2.05) is 6.07 Å². The summed E-state index contributed by atoms with van der Waals surface area (Å²) < 4.78 is 0. The minimum Gasteiger partial charge on any atom is -0.481 e. The number of carbonyl (C=O) groups is 1. The second kappa shape index (κ2) is 9.28. The van der Waals surface area contributed by atoms with Crippen molar-refractivity contribution >= 4 is 11.8 Å². The summed E-state index contributed by atoms with van der Waals surface area (Å²) in [6, 6.07) is 1.99. The van der Waals surface area contributed by atoms with E-state index in [4.69, 9.17) is 5.11 Å². The van der Waals surface area contributed by atoms with Crippen LogP contribution in [0.25, 0.3) is 0 Å². The molecule has 0 amide bonds. The Kier molecular flexibility index (Phi) is 7.62. The number of aromatic nitrogens is 2. The molecule has 0 aliphatic heterocycles. The first-order chi connectivity index (χ1) is 9.65. The second-order valence-electron chi connectivity index (χ2n) is 5.07. The maximum atomic E-state index is 10.6. The third-order valence-electron chi connectivity index (χ3n) is 3.43. The Morgan fingerprint density at radius 1 is 1.35 bits per heavy atom. The molecule has 0 aromatic carbocycles. The Balaban J connectivity index is 2.34. The number of aryl methyl sites for hydroxylation is 1. The van der Waals surface area contributed by atoms with Crippen molar-refractivity contribution in [3.63, 3.8) is 0 Å². The van der Waals surface area contributed by atoms with Crippen LogP contribution in [0.5, 0.6) is 0 Å². The van der Waals surface area contributed by atoms with Gasteiger partial charge in [0.15, 0.2) is 0 Å². The SMILES string of the molecule is CCCc1cc(NCCC(CC)CCC(=O)O)ncn1. The van der Waals surface area contributed by atoms with E-state index >= 15 is 0 Å². The standard InChI is InChI=1S/C15H25N3O2/c1-3-5-13-10-14(18-11-17-13)16-9-8-12(4-2)6-7-15(19)20/h10-12H,3-9H2,1-2H3,(H,19,20)(H,16,17,18). The number of rotatable bonds is 10. The number of nitrogens with zero attached hydrogens (tertiary/aromatic N) is 2. The Hall–Kier alpha value is -1.65. The van der Waals surface area contributed by atoms with Gasteiger partial charge >= 0.3 is 5.97 Å². The molecule has 0 saturated carbocycles. The highest BCUT2D eigenvalue weighted by atomic mass is 16.4. The lowest BCUT2D eigenvalue weighted by Gasteiger charge is -2.14. The Morgan fingerprint density at radius 3 is 2.80 bits per heavy atom. The first-order valence-corrected chi connectivity index (χ1v) is 7.42. The van der Waals surface area contributed by atoms with Crippen molar-refractivity contribution in [2.75, 3.05) is 11.9 Å². The van der Waals surface area contributed by atoms with Gasteiger partial charge in [0, 0.05) is 24.7 Å². The Bertz CT molecular complexity index is 410. The van der Waals surface area contributed by atoms with Crippen LogP contribution < -0.4 is 5.32 Å². The van der Waals surface area contributed by atoms with Gasteiger partial charge in [0.2, 0.25) is 0 Å². The second-order valence-corrected chi connectivity index (χ2v) is 5.07. The third-order valence-corrected chi connectivity index (χ3v) is 3.43. The van der Waals surface area contributed by atoms with Gasteiger partial charge in [-0.3, -0.25) is 4.79 Å². The van der Waals surface area contributed by atoms with E-state index < -0.39 is 5.97 Å². The number of hydrogen-bond acceptors (Lipinski definition) is 4. The molecule has 0 aliphatic rings.